The third-order valence-electron chi connectivity index (χ3n) is 8.04. The molecule has 0 aromatic heterocycles. The topological polar surface area (TPSA) is 55.9 Å². The van der Waals surface area contributed by atoms with Crippen molar-refractivity contribution >= 4 is 11.9 Å². The van der Waals surface area contributed by atoms with Crippen LogP contribution in [0.5, 0.6) is 0 Å². The van der Waals surface area contributed by atoms with Gasteiger partial charge in [-0.05, 0) is 42.4 Å². The Labute approximate surface area is 195 Å². The molecule has 182 valence electrons. The number of carbonyl (C=O) groups excluding carboxylic acids is 2. The Bertz CT molecular complexity index is 679. The lowest BCUT2D eigenvalue weighted by molar-refractivity contribution is -0.133. The molecule has 1 heterocycles. The predicted octanol–water partition coefficient (Wildman–Crippen LogP) is 3.98. The van der Waals surface area contributed by atoms with Crippen LogP contribution in [0.4, 0.5) is 4.79 Å². The summed E-state index contributed by atoms with van der Waals surface area (Å²) in [4.78, 5) is 31.8. The Morgan fingerprint density at radius 1 is 1.22 bits per heavy atom. The van der Waals surface area contributed by atoms with Crippen molar-refractivity contribution in [2.75, 3.05) is 52.4 Å². The van der Waals surface area contributed by atoms with E-state index in [2.05, 4.69) is 50.9 Å². The zero-order chi connectivity index (χ0) is 23.3. The van der Waals surface area contributed by atoms with Gasteiger partial charge in [-0.2, -0.15) is 0 Å². The first kappa shape index (κ1) is 25.1. The van der Waals surface area contributed by atoms with Crippen molar-refractivity contribution in [1.29, 1.82) is 0 Å². The number of amides is 3. The van der Waals surface area contributed by atoms with Crippen LogP contribution in [0, 0.1) is 23.2 Å². The van der Waals surface area contributed by atoms with Gasteiger partial charge in [-0.25, -0.2) is 4.79 Å². The first-order valence-electron chi connectivity index (χ1n) is 12.9. The van der Waals surface area contributed by atoms with Gasteiger partial charge in [0.15, 0.2) is 0 Å². The molecule has 0 radical (unpaired) electrons. The van der Waals surface area contributed by atoms with Crippen molar-refractivity contribution < 1.29 is 9.59 Å². The minimum atomic E-state index is 0.0735. The maximum absolute atomic E-state index is 13.0. The van der Waals surface area contributed by atoms with Crippen molar-refractivity contribution in [3.8, 4) is 0 Å². The van der Waals surface area contributed by atoms with Gasteiger partial charge in [0, 0.05) is 58.8 Å². The van der Waals surface area contributed by atoms with Crippen LogP contribution in [-0.2, 0) is 4.79 Å². The van der Waals surface area contributed by atoms with Crippen LogP contribution in [0.15, 0.2) is 11.6 Å². The van der Waals surface area contributed by atoms with E-state index in [0.29, 0.717) is 23.7 Å². The van der Waals surface area contributed by atoms with Gasteiger partial charge < -0.3 is 15.1 Å². The lowest BCUT2D eigenvalue weighted by Gasteiger charge is -2.57. The second-order valence-corrected chi connectivity index (χ2v) is 11.1. The third-order valence-corrected chi connectivity index (χ3v) is 8.04. The lowest BCUT2D eigenvalue weighted by Crippen LogP contribution is -2.53. The smallest absolute Gasteiger partial charge is 0.317 e. The average molecular weight is 447 g/mol. The SMILES string of the molecule is CCCCNC(=O)N(CCN1CCN(C(=O)CC(C)C)CC1)CC1=CCC2CC1C2(C)C. The van der Waals surface area contributed by atoms with Crippen LogP contribution in [-0.4, -0.2) is 79.0 Å². The molecule has 6 heteroatoms. The Kier molecular flexibility index (Phi) is 8.65. The van der Waals surface area contributed by atoms with Crippen LogP contribution in [0.25, 0.3) is 0 Å². The predicted molar refractivity (Wildman–Crippen MR) is 130 cm³/mol. The van der Waals surface area contributed by atoms with E-state index in [1.54, 1.807) is 0 Å². The maximum Gasteiger partial charge on any atom is 0.317 e. The van der Waals surface area contributed by atoms with Crippen molar-refractivity contribution in [3.05, 3.63) is 11.6 Å². The van der Waals surface area contributed by atoms with E-state index in [1.807, 2.05) is 9.80 Å². The minimum Gasteiger partial charge on any atom is -0.340 e. The fourth-order valence-corrected chi connectivity index (χ4v) is 5.57. The molecule has 4 rings (SSSR count). The molecule has 3 amide bonds. The molecule has 3 aliphatic carbocycles. The molecule has 1 saturated carbocycles. The second kappa shape index (κ2) is 11.0. The van der Waals surface area contributed by atoms with Gasteiger partial charge >= 0.3 is 6.03 Å². The van der Waals surface area contributed by atoms with E-state index < -0.39 is 0 Å². The largest absolute Gasteiger partial charge is 0.340 e. The number of urea groups is 1. The summed E-state index contributed by atoms with van der Waals surface area (Å²) in [5.74, 6) is 2.13. The Morgan fingerprint density at radius 3 is 2.53 bits per heavy atom. The highest BCUT2D eigenvalue weighted by molar-refractivity contribution is 5.76. The average Bonchev–Trinajstić information content (AvgIpc) is 2.76. The molecular formula is C26H46N4O2. The van der Waals surface area contributed by atoms with Gasteiger partial charge in [0.05, 0.1) is 0 Å². The number of unbranched alkanes of at least 4 members (excludes halogenated alkanes) is 1. The fourth-order valence-electron chi connectivity index (χ4n) is 5.57. The van der Waals surface area contributed by atoms with Gasteiger partial charge in [-0.15, -0.1) is 0 Å². The van der Waals surface area contributed by atoms with Crippen molar-refractivity contribution in [3.63, 3.8) is 0 Å². The van der Waals surface area contributed by atoms with E-state index in [0.717, 1.165) is 77.5 Å². The summed E-state index contributed by atoms with van der Waals surface area (Å²) < 4.78 is 0. The molecule has 1 aliphatic heterocycles. The third kappa shape index (κ3) is 6.06. The van der Waals surface area contributed by atoms with E-state index in [-0.39, 0.29) is 11.9 Å². The summed E-state index contributed by atoms with van der Waals surface area (Å²) in [5.41, 5.74) is 1.85. The number of fused-ring (bicyclic) bond motifs is 1. The highest BCUT2D eigenvalue weighted by Crippen LogP contribution is 2.59. The normalized spacial score (nSPS) is 24.7. The second-order valence-electron chi connectivity index (χ2n) is 11.1. The van der Waals surface area contributed by atoms with Gasteiger partial charge in [0.2, 0.25) is 5.91 Å². The summed E-state index contributed by atoms with van der Waals surface area (Å²) >= 11 is 0. The standard InChI is InChI=1S/C26H46N4O2/c1-6-7-10-27-25(32)30(19-21-8-9-22-18-23(21)26(22,4)5)16-13-28-11-14-29(15-12-28)24(31)17-20(2)3/h8,20,22-23H,6-7,9-19H2,1-5H3,(H,27,32). The molecule has 2 unspecified atom stereocenters. The van der Waals surface area contributed by atoms with E-state index in [4.69, 9.17) is 0 Å². The van der Waals surface area contributed by atoms with Gasteiger partial charge in [0.1, 0.15) is 0 Å². The number of hydrogen-bond acceptors (Lipinski definition) is 3. The number of nitrogens with zero attached hydrogens (tertiary/aromatic N) is 3. The molecule has 6 nitrogen and oxygen atoms in total. The van der Waals surface area contributed by atoms with Crippen molar-refractivity contribution in [1.82, 2.24) is 20.0 Å². The quantitative estimate of drug-likeness (QED) is 0.408. The summed E-state index contributed by atoms with van der Waals surface area (Å²) in [7, 11) is 0. The Balaban J connectivity index is 1.52. The number of hydrogen-bond donors (Lipinski definition) is 1. The first-order chi connectivity index (χ1) is 15.2. The highest BCUT2D eigenvalue weighted by atomic mass is 16.2. The van der Waals surface area contributed by atoms with Crippen LogP contribution < -0.4 is 5.32 Å². The number of nitrogens with one attached hydrogen (secondary N) is 1. The van der Waals surface area contributed by atoms with Gasteiger partial charge in [-0.1, -0.05) is 52.7 Å². The Hall–Kier alpha value is -1.56. The highest BCUT2D eigenvalue weighted by Gasteiger charge is 2.51. The first-order valence-corrected chi connectivity index (χ1v) is 12.9. The van der Waals surface area contributed by atoms with E-state index in [9.17, 15) is 9.59 Å². The van der Waals surface area contributed by atoms with Crippen LogP contribution in [0.2, 0.25) is 0 Å². The molecule has 2 bridgehead atoms. The molecule has 0 aromatic carbocycles. The zero-order valence-corrected chi connectivity index (χ0v) is 21.2. The number of carbonyl (C=O) groups is 2. The fraction of sp³-hybridized carbons (Fsp3) is 0.846. The van der Waals surface area contributed by atoms with Crippen molar-refractivity contribution in [2.24, 2.45) is 23.2 Å². The molecule has 0 aromatic rings. The molecule has 0 spiro atoms. The number of piperazine rings is 1. The molecule has 2 fully saturated rings. The molecular weight excluding hydrogens is 400 g/mol. The molecule has 1 N–H and O–H groups in total. The minimum absolute atomic E-state index is 0.0735. The zero-order valence-electron chi connectivity index (χ0n) is 21.2. The molecule has 32 heavy (non-hydrogen) atoms. The van der Waals surface area contributed by atoms with Gasteiger partial charge in [-0.3, -0.25) is 9.69 Å². The molecule has 2 atom stereocenters. The van der Waals surface area contributed by atoms with E-state index >= 15 is 0 Å². The van der Waals surface area contributed by atoms with E-state index in [1.165, 1.54) is 12.0 Å². The van der Waals surface area contributed by atoms with Crippen LogP contribution >= 0.6 is 0 Å². The van der Waals surface area contributed by atoms with Crippen LogP contribution in [0.3, 0.4) is 0 Å². The molecule has 1 saturated heterocycles. The van der Waals surface area contributed by atoms with Crippen molar-refractivity contribution in [2.45, 2.75) is 66.7 Å². The number of rotatable bonds is 10. The maximum atomic E-state index is 13.0. The lowest BCUT2D eigenvalue weighted by atomic mass is 9.49. The molecule has 4 aliphatic rings. The van der Waals surface area contributed by atoms with Crippen LogP contribution in [0.1, 0.15) is 66.7 Å². The summed E-state index contributed by atoms with van der Waals surface area (Å²) in [5, 5.41) is 3.14. The van der Waals surface area contributed by atoms with Gasteiger partial charge in [0.25, 0.3) is 0 Å². The summed E-state index contributed by atoms with van der Waals surface area (Å²) in [6, 6.07) is 0.0735. The number of allylic oxidation sites excluding steroid dienone is 1. The monoisotopic (exact) mass is 446 g/mol. The summed E-state index contributed by atoms with van der Waals surface area (Å²) in [6.45, 7) is 17.7. The Morgan fingerprint density at radius 2 is 1.94 bits per heavy atom. The summed E-state index contributed by atoms with van der Waals surface area (Å²) in [6.07, 6.45) is 7.61.